The van der Waals surface area contributed by atoms with E-state index in [1.165, 1.54) is 0 Å². The number of aromatic nitrogens is 2. The number of fused-ring (bicyclic) bond motifs is 1. The molecule has 3 rings (SSSR count). The van der Waals surface area contributed by atoms with E-state index in [2.05, 4.69) is 11.1 Å². The summed E-state index contributed by atoms with van der Waals surface area (Å²) in [6.07, 6.45) is 3.43. The van der Waals surface area contributed by atoms with E-state index in [-0.39, 0.29) is 6.09 Å². The van der Waals surface area contributed by atoms with Gasteiger partial charge >= 0.3 is 6.09 Å². The second-order valence-corrected chi connectivity index (χ2v) is 6.50. The zero-order valence-corrected chi connectivity index (χ0v) is 13.3. The molecule has 0 spiro atoms. The van der Waals surface area contributed by atoms with Gasteiger partial charge in [0, 0.05) is 29.0 Å². The molecule has 0 saturated carbocycles. The number of para-hydroxylation sites is 1. The molecule has 0 radical (unpaired) electrons. The number of benzene rings is 1. The molecule has 0 fully saturated rings. The third kappa shape index (κ3) is 2.64. The van der Waals surface area contributed by atoms with E-state index in [0.717, 1.165) is 27.7 Å². The Hall–Kier alpha value is -2.49. The van der Waals surface area contributed by atoms with Gasteiger partial charge in [-0.25, -0.2) is 4.79 Å². The number of ether oxygens (including phenoxy) is 1. The number of nitrogens with zero attached hydrogens (tertiary/aromatic N) is 1. The van der Waals surface area contributed by atoms with E-state index in [1.54, 1.807) is 4.57 Å². The van der Waals surface area contributed by atoms with Gasteiger partial charge in [-0.15, -0.1) is 0 Å². The van der Waals surface area contributed by atoms with Crippen molar-refractivity contribution in [3.8, 4) is 11.3 Å². The highest BCUT2D eigenvalue weighted by molar-refractivity contribution is 6.00. The summed E-state index contributed by atoms with van der Waals surface area (Å²) in [6.45, 7) is 7.64. The largest absolute Gasteiger partial charge is 0.443 e. The Balaban J connectivity index is 2.14. The summed E-state index contributed by atoms with van der Waals surface area (Å²) in [4.78, 5) is 15.7. The molecule has 0 aliphatic carbocycles. The first-order chi connectivity index (χ1) is 10.3. The average molecular weight is 296 g/mol. The van der Waals surface area contributed by atoms with E-state index in [0.29, 0.717) is 0 Å². The lowest BCUT2D eigenvalue weighted by Gasteiger charge is -2.19. The van der Waals surface area contributed by atoms with Gasteiger partial charge in [0.15, 0.2) is 0 Å². The molecule has 1 aromatic carbocycles. The van der Waals surface area contributed by atoms with Gasteiger partial charge in [0.1, 0.15) is 5.60 Å². The van der Waals surface area contributed by atoms with Gasteiger partial charge in [-0.2, -0.15) is 0 Å². The van der Waals surface area contributed by atoms with Crippen LogP contribution in [0.2, 0.25) is 0 Å². The van der Waals surface area contributed by atoms with Crippen LogP contribution in [0.5, 0.6) is 0 Å². The van der Waals surface area contributed by atoms with Gasteiger partial charge in [0.05, 0.1) is 5.52 Å². The van der Waals surface area contributed by atoms with Crippen molar-refractivity contribution in [1.29, 1.82) is 0 Å². The molecular formula is C18H20N2O2. The van der Waals surface area contributed by atoms with Crippen molar-refractivity contribution < 1.29 is 9.53 Å². The predicted molar refractivity (Wildman–Crippen MR) is 88.1 cm³/mol. The van der Waals surface area contributed by atoms with Crippen LogP contribution in [-0.2, 0) is 4.74 Å². The first-order valence-electron chi connectivity index (χ1n) is 7.34. The highest BCUT2D eigenvalue weighted by Gasteiger charge is 2.21. The van der Waals surface area contributed by atoms with Crippen LogP contribution in [0.1, 0.15) is 26.3 Å². The Morgan fingerprint density at radius 2 is 1.95 bits per heavy atom. The van der Waals surface area contributed by atoms with Crippen molar-refractivity contribution in [2.75, 3.05) is 0 Å². The SMILES string of the molecule is Cc1c[nH]c(-c2cn(C(=O)OC(C)(C)C)c3ccccc23)c1. The third-order valence-electron chi connectivity index (χ3n) is 3.42. The first-order valence-corrected chi connectivity index (χ1v) is 7.34. The molecule has 0 saturated heterocycles. The summed E-state index contributed by atoms with van der Waals surface area (Å²) >= 11 is 0. The molecule has 0 bridgehead atoms. The topological polar surface area (TPSA) is 47.0 Å². The minimum absolute atomic E-state index is 0.363. The van der Waals surface area contributed by atoms with Gasteiger partial charge in [0.25, 0.3) is 0 Å². The fraction of sp³-hybridized carbons (Fsp3) is 0.278. The smallest absolute Gasteiger partial charge is 0.419 e. The molecule has 22 heavy (non-hydrogen) atoms. The summed E-state index contributed by atoms with van der Waals surface area (Å²) in [5.41, 5.74) is 3.47. The van der Waals surface area contributed by atoms with E-state index in [9.17, 15) is 4.79 Å². The minimum atomic E-state index is -0.522. The van der Waals surface area contributed by atoms with Crippen LogP contribution >= 0.6 is 0 Å². The molecule has 2 aromatic heterocycles. The first kappa shape index (κ1) is 14.4. The number of hydrogen-bond acceptors (Lipinski definition) is 2. The van der Waals surface area contributed by atoms with Crippen LogP contribution < -0.4 is 0 Å². The molecule has 114 valence electrons. The van der Waals surface area contributed by atoms with Crippen molar-refractivity contribution >= 4 is 17.0 Å². The number of H-pyrrole nitrogens is 1. The molecule has 4 heteroatoms. The zero-order chi connectivity index (χ0) is 15.9. The fourth-order valence-electron chi connectivity index (χ4n) is 2.51. The van der Waals surface area contributed by atoms with Crippen molar-refractivity contribution in [1.82, 2.24) is 9.55 Å². The van der Waals surface area contributed by atoms with Crippen molar-refractivity contribution in [3.05, 3.63) is 48.3 Å². The summed E-state index contributed by atoms with van der Waals surface area (Å²) in [6, 6.07) is 9.91. The highest BCUT2D eigenvalue weighted by atomic mass is 16.6. The maximum atomic E-state index is 12.5. The van der Waals surface area contributed by atoms with Gasteiger partial charge in [-0.3, -0.25) is 4.57 Å². The summed E-state index contributed by atoms with van der Waals surface area (Å²) in [7, 11) is 0. The lowest BCUT2D eigenvalue weighted by Crippen LogP contribution is -2.26. The Morgan fingerprint density at radius 1 is 1.23 bits per heavy atom. The molecule has 0 aliphatic rings. The van der Waals surface area contributed by atoms with Gasteiger partial charge in [-0.1, -0.05) is 18.2 Å². The Labute approximate surface area is 129 Å². The van der Waals surface area contributed by atoms with E-state index in [1.807, 2.05) is 64.4 Å². The average Bonchev–Trinajstić information content (AvgIpc) is 3.00. The molecule has 0 amide bonds. The zero-order valence-electron chi connectivity index (χ0n) is 13.3. The maximum absolute atomic E-state index is 12.5. The van der Waals surface area contributed by atoms with Crippen molar-refractivity contribution in [2.24, 2.45) is 0 Å². The van der Waals surface area contributed by atoms with Crippen LogP contribution in [0.15, 0.2) is 42.7 Å². The number of carbonyl (C=O) groups is 1. The summed E-state index contributed by atoms with van der Waals surface area (Å²) < 4.78 is 7.08. The van der Waals surface area contributed by atoms with Crippen molar-refractivity contribution in [2.45, 2.75) is 33.3 Å². The number of nitrogens with one attached hydrogen (secondary N) is 1. The predicted octanol–water partition coefficient (Wildman–Crippen LogP) is 4.73. The quantitative estimate of drug-likeness (QED) is 0.705. The Kier molecular flexibility index (Phi) is 3.32. The number of aromatic amines is 1. The van der Waals surface area contributed by atoms with Crippen LogP contribution in [0.25, 0.3) is 22.2 Å². The van der Waals surface area contributed by atoms with E-state index >= 15 is 0 Å². The number of hydrogen-bond donors (Lipinski definition) is 1. The molecule has 2 heterocycles. The molecule has 0 aliphatic heterocycles. The van der Waals surface area contributed by atoms with Crippen LogP contribution in [0.3, 0.4) is 0 Å². The fourth-order valence-corrected chi connectivity index (χ4v) is 2.51. The van der Waals surface area contributed by atoms with E-state index < -0.39 is 5.60 Å². The third-order valence-corrected chi connectivity index (χ3v) is 3.42. The monoisotopic (exact) mass is 296 g/mol. The maximum Gasteiger partial charge on any atom is 0.419 e. The van der Waals surface area contributed by atoms with Crippen LogP contribution in [-0.4, -0.2) is 21.2 Å². The normalized spacial score (nSPS) is 11.8. The van der Waals surface area contributed by atoms with Crippen molar-refractivity contribution in [3.63, 3.8) is 0 Å². The molecular weight excluding hydrogens is 276 g/mol. The second kappa shape index (κ2) is 5.05. The van der Waals surface area contributed by atoms with Gasteiger partial charge in [-0.05, 0) is 45.4 Å². The van der Waals surface area contributed by atoms with Gasteiger partial charge in [0.2, 0.25) is 0 Å². The lowest BCUT2D eigenvalue weighted by atomic mass is 10.1. The Bertz CT molecular complexity index is 834. The minimum Gasteiger partial charge on any atom is -0.443 e. The lowest BCUT2D eigenvalue weighted by molar-refractivity contribution is 0.0544. The van der Waals surface area contributed by atoms with E-state index in [4.69, 9.17) is 4.74 Å². The molecule has 1 N–H and O–H groups in total. The molecule has 0 unspecified atom stereocenters. The highest BCUT2D eigenvalue weighted by Crippen LogP contribution is 2.30. The standard InChI is InChI=1S/C18H20N2O2/c1-12-9-15(19-10-12)14-11-20(17(21)22-18(2,3)4)16-8-6-5-7-13(14)16/h5-11,19H,1-4H3. The molecule has 4 nitrogen and oxygen atoms in total. The molecule has 3 aromatic rings. The second-order valence-electron chi connectivity index (χ2n) is 6.50. The van der Waals surface area contributed by atoms with Crippen LogP contribution in [0, 0.1) is 6.92 Å². The number of carbonyl (C=O) groups excluding carboxylic acids is 1. The summed E-state index contributed by atoms with van der Waals surface area (Å²) in [5.74, 6) is 0. The Morgan fingerprint density at radius 3 is 2.59 bits per heavy atom. The molecule has 0 atom stereocenters. The summed E-state index contributed by atoms with van der Waals surface area (Å²) in [5, 5.41) is 1.02. The van der Waals surface area contributed by atoms with Gasteiger partial charge < -0.3 is 9.72 Å². The number of aryl methyl sites for hydroxylation is 1. The number of rotatable bonds is 1. The van der Waals surface area contributed by atoms with Crippen LogP contribution in [0.4, 0.5) is 4.79 Å².